The number of nitrogen functional groups attached to an aromatic ring is 1. The third-order valence-electron chi connectivity index (χ3n) is 3.49. The highest BCUT2D eigenvalue weighted by Crippen LogP contribution is 2.41. The fourth-order valence-corrected chi connectivity index (χ4v) is 3.56. The number of carbonyl (C=O) groups is 2. The first-order chi connectivity index (χ1) is 9.99. The second-order valence-electron chi connectivity index (χ2n) is 5.08. The van der Waals surface area contributed by atoms with Crippen molar-refractivity contribution in [1.82, 2.24) is 0 Å². The van der Waals surface area contributed by atoms with Gasteiger partial charge in [-0.05, 0) is 19.3 Å². The first kappa shape index (κ1) is 15.6. The molecule has 0 spiro atoms. The third kappa shape index (κ3) is 2.97. The van der Waals surface area contributed by atoms with Gasteiger partial charge in [0.1, 0.15) is 15.4 Å². The van der Waals surface area contributed by atoms with Crippen molar-refractivity contribution < 1.29 is 19.1 Å². The minimum absolute atomic E-state index is 0.153. The zero-order valence-electron chi connectivity index (χ0n) is 12.5. The van der Waals surface area contributed by atoms with Gasteiger partial charge in [-0.15, -0.1) is 11.3 Å². The largest absolute Gasteiger partial charge is 0.465 e. The van der Waals surface area contributed by atoms with E-state index >= 15 is 0 Å². The lowest BCUT2D eigenvalue weighted by Gasteiger charge is -2.17. The van der Waals surface area contributed by atoms with Crippen molar-refractivity contribution in [3.63, 3.8) is 0 Å². The van der Waals surface area contributed by atoms with Gasteiger partial charge in [-0.25, -0.2) is 9.59 Å². The van der Waals surface area contributed by atoms with Crippen molar-refractivity contribution >= 4 is 34.0 Å². The van der Waals surface area contributed by atoms with Crippen molar-refractivity contribution in [3.05, 3.63) is 10.4 Å². The fraction of sp³-hybridized carbons (Fsp3) is 0.571. The highest BCUT2D eigenvalue weighted by Gasteiger charge is 2.31. The van der Waals surface area contributed by atoms with Gasteiger partial charge in [0.25, 0.3) is 0 Å². The summed E-state index contributed by atoms with van der Waals surface area (Å²) in [6.45, 7) is 5.83. The van der Waals surface area contributed by atoms with Crippen LogP contribution in [-0.4, -0.2) is 38.7 Å². The normalized spacial score (nSPS) is 17.9. The Labute approximate surface area is 127 Å². The molecule has 2 heterocycles. The Hall–Kier alpha value is -1.76. The second-order valence-corrected chi connectivity index (χ2v) is 6.08. The molecule has 116 valence electrons. The molecule has 1 aromatic heterocycles. The van der Waals surface area contributed by atoms with Gasteiger partial charge in [-0.2, -0.15) is 0 Å². The van der Waals surface area contributed by atoms with Crippen LogP contribution in [0.5, 0.6) is 0 Å². The molecule has 21 heavy (non-hydrogen) atoms. The Balaban J connectivity index is 2.44. The molecule has 1 aromatic rings. The Morgan fingerprint density at radius 3 is 2.67 bits per heavy atom. The van der Waals surface area contributed by atoms with Crippen LogP contribution in [-0.2, 0) is 9.47 Å². The summed E-state index contributed by atoms with van der Waals surface area (Å²) in [5.74, 6) is -0.470. The lowest BCUT2D eigenvalue weighted by molar-refractivity contribution is 0.0533. The van der Waals surface area contributed by atoms with Crippen molar-refractivity contribution in [2.24, 2.45) is 5.92 Å². The predicted molar refractivity (Wildman–Crippen MR) is 82.0 cm³/mol. The van der Waals surface area contributed by atoms with E-state index in [0.717, 1.165) is 19.5 Å². The van der Waals surface area contributed by atoms with E-state index in [1.54, 1.807) is 6.92 Å². The van der Waals surface area contributed by atoms with Crippen molar-refractivity contribution in [2.45, 2.75) is 20.3 Å². The first-order valence-corrected chi connectivity index (χ1v) is 7.73. The van der Waals surface area contributed by atoms with Crippen molar-refractivity contribution in [1.29, 1.82) is 0 Å². The number of esters is 2. The molecular formula is C14H20N2O4S. The van der Waals surface area contributed by atoms with Crippen molar-refractivity contribution in [2.75, 3.05) is 37.4 Å². The molecule has 0 aliphatic carbocycles. The number of carbonyl (C=O) groups excluding carboxylic acids is 2. The summed E-state index contributed by atoms with van der Waals surface area (Å²) in [6.07, 6.45) is 1.05. The number of nitrogens with two attached hydrogens (primary N) is 1. The second kappa shape index (κ2) is 6.34. The van der Waals surface area contributed by atoms with Crippen LogP contribution in [0.1, 0.15) is 40.3 Å². The smallest absolute Gasteiger partial charge is 0.350 e. The van der Waals surface area contributed by atoms with E-state index in [-0.39, 0.29) is 22.7 Å². The maximum atomic E-state index is 12.0. The molecular weight excluding hydrogens is 292 g/mol. The summed E-state index contributed by atoms with van der Waals surface area (Å²) >= 11 is 1.20. The van der Waals surface area contributed by atoms with Crippen LogP contribution in [0.15, 0.2) is 0 Å². The van der Waals surface area contributed by atoms with Gasteiger partial charge in [-0.3, -0.25) is 0 Å². The predicted octanol–water partition coefficient (Wildman–Crippen LogP) is 2.14. The van der Waals surface area contributed by atoms with Crippen LogP contribution < -0.4 is 10.6 Å². The zero-order chi connectivity index (χ0) is 15.6. The molecule has 1 atom stereocenters. The summed E-state index contributed by atoms with van der Waals surface area (Å²) in [5, 5.41) is 0.701. The number of anilines is 2. The van der Waals surface area contributed by atoms with Gasteiger partial charge in [0.2, 0.25) is 0 Å². The summed E-state index contributed by atoms with van der Waals surface area (Å²) in [4.78, 5) is 26.3. The van der Waals surface area contributed by atoms with Crippen LogP contribution in [0.2, 0.25) is 0 Å². The maximum Gasteiger partial charge on any atom is 0.350 e. The lowest BCUT2D eigenvalue weighted by Crippen LogP contribution is -2.20. The molecule has 1 unspecified atom stereocenters. The molecule has 0 radical (unpaired) electrons. The van der Waals surface area contributed by atoms with E-state index in [4.69, 9.17) is 15.2 Å². The van der Waals surface area contributed by atoms with Gasteiger partial charge in [0.15, 0.2) is 0 Å². The molecule has 0 amide bonds. The van der Waals surface area contributed by atoms with Gasteiger partial charge in [-0.1, -0.05) is 6.92 Å². The maximum absolute atomic E-state index is 12.0. The molecule has 1 fully saturated rings. The van der Waals surface area contributed by atoms with Gasteiger partial charge >= 0.3 is 11.9 Å². The molecule has 6 nitrogen and oxygen atoms in total. The number of hydrogen-bond acceptors (Lipinski definition) is 7. The molecule has 0 aromatic carbocycles. The quantitative estimate of drug-likeness (QED) is 0.858. The number of nitrogens with zero attached hydrogens (tertiary/aromatic N) is 1. The number of hydrogen-bond donors (Lipinski definition) is 1. The van der Waals surface area contributed by atoms with E-state index in [2.05, 4.69) is 11.8 Å². The van der Waals surface area contributed by atoms with Crippen LogP contribution in [0.4, 0.5) is 10.7 Å². The van der Waals surface area contributed by atoms with E-state index in [1.807, 2.05) is 0 Å². The Kier molecular flexibility index (Phi) is 4.72. The first-order valence-electron chi connectivity index (χ1n) is 6.92. The molecule has 1 saturated heterocycles. The van der Waals surface area contributed by atoms with Crippen molar-refractivity contribution in [3.8, 4) is 0 Å². The van der Waals surface area contributed by atoms with Crippen LogP contribution in [0, 0.1) is 5.92 Å². The van der Waals surface area contributed by atoms with Gasteiger partial charge < -0.3 is 20.1 Å². The molecule has 2 N–H and O–H groups in total. The highest BCUT2D eigenvalue weighted by atomic mass is 32.1. The Morgan fingerprint density at radius 2 is 2.14 bits per heavy atom. The molecule has 1 aliphatic rings. The number of ether oxygens (including phenoxy) is 2. The highest BCUT2D eigenvalue weighted by molar-refractivity contribution is 7.19. The van der Waals surface area contributed by atoms with Crippen LogP contribution in [0.3, 0.4) is 0 Å². The standard InChI is InChI=1S/C14H20N2O4S/c1-4-20-14(18)11-10(15)9(13(17)19-3)12(21-11)16-6-5-8(2)7-16/h8H,4-7,15H2,1-3H3. The average Bonchev–Trinajstić information content (AvgIpc) is 3.02. The zero-order valence-corrected chi connectivity index (χ0v) is 13.3. The lowest BCUT2D eigenvalue weighted by atomic mass is 10.2. The summed E-state index contributed by atoms with van der Waals surface area (Å²) in [5.41, 5.74) is 6.43. The minimum atomic E-state index is -0.520. The Morgan fingerprint density at radius 1 is 1.43 bits per heavy atom. The summed E-state index contributed by atoms with van der Waals surface area (Å²) < 4.78 is 9.80. The summed E-state index contributed by atoms with van der Waals surface area (Å²) in [6, 6.07) is 0. The summed E-state index contributed by atoms with van der Waals surface area (Å²) in [7, 11) is 1.31. The van der Waals surface area contributed by atoms with E-state index in [9.17, 15) is 9.59 Å². The topological polar surface area (TPSA) is 81.9 Å². The number of methoxy groups -OCH3 is 1. The molecule has 7 heteroatoms. The number of thiophene rings is 1. The van der Waals surface area contributed by atoms with E-state index in [0.29, 0.717) is 10.9 Å². The minimum Gasteiger partial charge on any atom is -0.465 e. The molecule has 1 aliphatic heterocycles. The van der Waals surface area contributed by atoms with Gasteiger partial charge in [0, 0.05) is 13.1 Å². The van der Waals surface area contributed by atoms with Gasteiger partial charge in [0.05, 0.1) is 19.4 Å². The van der Waals surface area contributed by atoms with Crippen LogP contribution in [0.25, 0.3) is 0 Å². The monoisotopic (exact) mass is 312 g/mol. The fourth-order valence-electron chi connectivity index (χ4n) is 2.42. The Bertz CT molecular complexity index is 555. The van der Waals surface area contributed by atoms with Crippen LogP contribution >= 0.6 is 11.3 Å². The molecule has 2 rings (SSSR count). The SMILES string of the molecule is CCOC(=O)c1sc(N2CCC(C)C2)c(C(=O)OC)c1N. The molecule has 0 bridgehead atoms. The molecule has 0 saturated carbocycles. The van der Waals surface area contributed by atoms with E-state index in [1.165, 1.54) is 18.4 Å². The van der Waals surface area contributed by atoms with E-state index < -0.39 is 11.9 Å². The number of rotatable bonds is 4. The third-order valence-corrected chi connectivity index (χ3v) is 4.73. The average molecular weight is 312 g/mol.